The number of aromatic carboxylic acids is 1. The van der Waals surface area contributed by atoms with E-state index in [1.165, 1.54) is 11.3 Å². The molecule has 0 aliphatic carbocycles. The van der Waals surface area contributed by atoms with E-state index in [2.05, 4.69) is 10.2 Å². The summed E-state index contributed by atoms with van der Waals surface area (Å²) in [4.78, 5) is 12.1. The smallest absolute Gasteiger partial charge is 0.345 e. The fourth-order valence-corrected chi connectivity index (χ4v) is 3.75. The van der Waals surface area contributed by atoms with E-state index in [4.69, 9.17) is 5.11 Å². The van der Waals surface area contributed by atoms with Gasteiger partial charge in [0.1, 0.15) is 9.88 Å². The van der Waals surface area contributed by atoms with Crippen molar-refractivity contribution in [3.63, 3.8) is 0 Å². The van der Waals surface area contributed by atoms with Gasteiger partial charge in [-0.15, -0.1) is 21.5 Å². The van der Waals surface area contributed by atoms with Gasteiger partial charge < -0.3 is 5.11 Å². The highest BCUT2D eigenvalue weighted by Gasteiger charge is 2.08. The lowest BCUT2D eigenvalue weighted by Crippen LogP contribution is -1.89. The van der Waals surface area contributed by atoms with Crippen molar-refractivity contribution in [1.82, 2.24) is 10.2 Å². The molecule has 0 bridgehead atoms. The number of aromatic nitrogens is 2. The number of hydrogen-bond donors (Lipinski definition) is 1. The number of aryl methyl sites for hydroxylation is 1. The van der Waals surface area contributed by atoms with E-state index < -0.39 is 5.97 Å². The van der Waals surface area contributed by atoms with Crippen molar-refractivity contribution in [1.29, 1.82) is 0 Å². The molecule has 0 saturated heterocycles. The Labute approximate surface area is 104 Å². The molecular weight excluding hydrogens is 264 g/mol. The fraction of sp³-hybridized carbons (Fsp3) is 0.222. The average molecular weight is 272 g/mol. The Morgan fingerprint density at radius 3 is 2.81 bits per heavy atom. The highest BCUT2D eigenvalue weighted by molar-refractivity contribution is 8.00. The van der Waals surface area contributed by atoms with E-state index in [0.29, 0.717) is 4.88 Å². The molecule has 0 aliphatic heterocycles. The van der Waals surface area contributed by atoms with Crippen LogP contribution in [0.4, 0.5) is 0 Å². The second-order valence-electron chi connectivity index (χ2n) is 2.95. The summed E-state index contributed by atoms with van der Waals surface area (Å²) in [6.07, 6.45) is 0. The summed E-state index contributed by atoms with van der Waals surface area (Å²) in [5.41, 5.74) is 0. The van der Waals surface area contributed by atoms with Gasteiger partial charge in [0, 0.05) is 10.6 Å². The molecule has 84 valence electrons. The van der Waals surface area contributed by atoms with E-state index >= 15 is 0 Å². The zero-order valence-electron chi connectivity index (χ0n) is 8.34. The predicted molar refractivity (Wildman–Crippen MR) is 65.5 cm³/mol. The van der Waals surface area contributed by atoms with Crippen molar-refractivity contribution in [2.45, 2.75) is 17.0 Å². The Morgan fingerprint density at radius 1 is 1.44 bits per heavy atom. The molecule has 2 rings (SSSR count). The van der Waals surface area contributed by atoms with Gasteiger partial charge in [0.15, 0.2) is 4.34 Å². The third-order valence-corrected chi connectivity index (χ3v) is 4.99. The topological polar surface area (TPSA) is 63.1 Å². The summed E-state index contributed by atoms with van der Waals surface area (Å²) < 4.78 is 0.919. The standard InChI is InChI=1S/C9H8N2O2S3/c1-5-10-11-9(15-5)14-4-6-2-3-7(16-6)8(12)13/h2-3H,4H2,1H3,(H,12,13). The number of rotatable bonds is 4. The average Bonchev–Trinajstić information content (AvgIpc) is 2.83. The number of thioether (sulfide) groups is 1. The SMILES string of the molecule is Cc1nnc(SCc2ccc(C(=O)O)s2)s1. The van der Waals surface area contributed by atoms with Crippen LogP contribution in [0.1, 0.15) is 19.6 Å². The van der Waals surface area contributed by atoms with Crippen LogP contribution in [0.3, 0.4) is 0 Å². The summed E-state index contributed by atoms with van der Waals surface area (Å²) in [6.45, 7) is 1.91. The first-order chi connectivity index (χ1) is 7.65. The van der Waals surface area contributed by atoms with Crippen molar-refractivity contribution < 1.29 is 9.90 Å². The molecule has 2 aromatic rings. The highest BCUT2D eigenvalue weighted by atomic mass is 32.2. The van der Waals surface area contributed by atoms with E-state index in [1.807, 2.05) is 13.0 Å². The Balaban J connectivity index is 1.97. The Bertz CT molecular complexity index is 506. The molecule has 0 spiro atoms. The molecule has 16 heavy (non-hydrogen) atoms. The highest BCUT2D eigenvalue weighted by Crippen LogP contribution is 2.28. The summed E-state index contributed by atoms with van der Waals surface area (Å²) in [5, 5.41) is 17.6. The Kier molecular flexibility index (Phi) is 3.57. The molecule has 0 atom stereocenters. The molecule has 0 radical (unpaired) electrons. The minimum absolute atomic E-state index is 0.379. The summed E-state index contributed by atoms with van der Waals surface area (Å²) in [6, 6.07) is 3.48. The van der Waals surface area contributed by atoms with Gasteiger partial charge in [0.2, 0.25) is 0 Å². The summed E-state index contributed by atoms with van der Waals surface area (Å²) in [7, 11) is 0. The summed E-state index contributed by atoms with van der Waals surface area (Å²) >= 11 is 4.43. The van der Waals surface area contributed by atoms with Gasteiger partial charge in [0.05, 0.1) is 0 Å². The molecule has 0 fully saturated rings. The van der Waals surface area contributed by atoms with Crippen LogP contribution in [0, 0.1) is 6.92 Å². The van der Waals surface area contributed by atoms with Crippen LogP contribution in [0.15, 0.2) is 16.5 Å². The van der Waals surface area contributed by atoms with Gasteiger partial charge in [0.25, 0.3) is 0 Å². The zero-order valence-corrected chi connectivity index (χ0v) is 10.8. The van der Waals surface area contributed by atoms with Crippen LogP contribution in [-0.4, -0.2) is 21.3 Å². The van der Waals surface area contributed by atoms with Gasteiger partial charge in [-0.05, 0) is 19.1 Å². The maximum atomic E-state index is 10.7. The predicted octanol–water partition coefficient (Wildman–Crippen LogP) is 2.90. The largest absolute Gasteiger partial charge is 0.477 e. The van der Waals surface area contributed by atoms with Crippen LogP contribution in [0.2, 0.25) is 0 Å². The molecule has 4 nitrogen and oxygen atoms in total. The van der Waals surface area contributed by atoms with Crippen LogP contribution in [0.25, 0.3) is 0 Å². The van der Waals surface area contributed by atoms with E-state index in [1.54, 1.807) is 29.2 Å². The number of thiophene rings is 1. The van der Waals surface area contributed by atoms with Gasteiger partial charge >= 0.3 is 5.97 Å². The van der Waals surface area contributed by atoms with Crippen molar-refractivity contribution in [3.05, 3.63) is 26.9 Å². The molecule has 0 saturated carbocycles. The quantitative estimate of drug-likeness (QED) is 0.867. The van der Waals surface area contributed by atoms with Crippen molar-refractivity contribution in [3.8, 4) is 0 Å². The van der Waals surface area contributed by atoms with E-state index in [0.717, 1.165) is 20.0 Å². The molecule has 1 N–H and O–H groups in total. The van der Waals surface area contributed by atoms with Gasteiger partial charge in [-0.25, -0.2) is 4.79 Å². The van der Waals surface area contributed by atoms with Crippen molar-refractivity contribution >= 4 is 40.4 Å². The molecule has 0 aromatic carbocycles. The molecular formula is C9H8N2O2S3. The second kappa shape index (κ2) is 4.94. The number of carbonyl (C=O) groups is 1. The molecule has 0 aliphatic rings. The van der Waals surface area contributed by atoms with Crippen molar-refractivity contribution in [2.75, 3.05) is 0 Å². The maximum Gasteiger partial charge on any atom is 0.345 e. The minimum Gasteiger partial charge on any atom is -0.477 e. The van der Waals surface area contributed by atoms with Gasteiger partial charge in [-0.1, -0.05) is 23.1 Å². The Hall–Kier alpha value is -0.920. The van der Waals surface area contributed by atoms with Gasteiger partial charge in [-0.3, -0.25) is 0 Å². The monoisotopic (exact) mass is 272 g/mol. The van der Waals surface area contributed by atoms with Crippen LogP contribution < -0.4 is 0 Å². The number of nitrogens with zero attached hydrogens (tertiary/aromatic N) is 2. The zero-order chi connectivity index (χ0) is 11.5. The molecule has 0 amide bonds. The normalized spacial score (nSPS) is 10.6. The first-order valence-corrected chi connectivity index (χ1v) is 7.02. The minimum atomic E-state index is -0.868. The summed E-state index contributed by atoms with van der Waals surface area (Å²) in [5.74, 6) is -0.125. The molecule has 2 aromatic heterocycles. The molecule has 7 heteroatoms. The number of hydrogen-bond acceptors (Lipinski definition) is 6. The fourth-order valence-electron chi connectivity index (χ4n) is 1.04. The van der Waals surface area contributed by atoms with Crippen molar-refractivity contribution in [2.24, 2.45) is 0 Å². The molecule has 2 heterocycles. The lowest BCUT2D eigenvalue weighted by molar-refractivity contribution is 0.0702. The van der Waals surface area contributed by atoms with Gasteiger partial charge in [-0.2, -0.15) is 0 Å². The van der Waals surface area contributed by atoms with Crippen LogP contribution >= 0.6 is 34.4 Å². The third-order valence-electron chi connectivity index (χ3n) is 1.72. The maximum absolute atomic E-state index is 10.7. The Morgan fingerprint density at radius 2 is 2.25 bits per heavy atom. The number of carboxylic acid groups (broad SMARTS) is 1. The number of carboxylic acids is 1. The first kappa shape index (κ1) is 11.6. The third kappa shape index (κ3) is 2.81. The van der Waals surface area contributed by atoms with Crippen LogP contribution in [0.5, 0.6) is 0 Å². The van der Waals surface area contributed by atoms with E-state index in [9.17, 15) is 4.79 Å². The van der Waals surface area contributed by atoms with E-state index in [-0.39, 0.29) is 0 Å². The second-order valence-corrected chi connectivity index (χ2v) is 6.52. The molecule has 0 unspecified atom stereocenters. The van der Waals surface area contributed by atoms with Crippen LogP contribution in [-0.2, 0) is 5.75 Å². The lowest BCUT2D eigenvalue weighted by atomic mass is 10.4. The first-order valence-electron chi connectivity index (χ1n) is 4.40. The lowest BCUT2D eigenvalue weighted by Gasteiger charge is -1.92.